The molecule has 8 heteroatoms. The molecule has 0 radical (unpaired) electrons. The number of allylic oxidation sites excluding steroid dienone is 3. The molecule has 2 aliphatic rings. The van der Waals surface area contributed by atoms with Crippen LogP contribution in [0, 0.1) is 0 Å². The molecule has 0 saturated carbocycles. The summed E-state index contributed by atoms with van der Waals surface area (Å²) in [6, 6.07) is 0. The Bertz CT molecular complexity index is 757. The first-order chi connectivity index (χ1) is 14.2. The number of rotatable bonds is 11. The van der Waals surface area contributed by atoms with Crippen LogP contribution in [0.15, 0.2) is 40.7 Å². The number of amides is 1. The second-order valence-electron chi connectivity index (χ2n) is 7.53. The van der Waals surface area contributed by atoms with Gasteiger partial charge >= 0.3 is 0 Å². The Morgan fingerprint density at radius 3 is 2.93 bits per heavy atom. The van der Waals surface area contributed by atoms with Crippen molar-refractivity contribution in [3.8, 4) is 0 Å². The van der Waals surface area contributed by atoms with Gasteiger partial charge in [0.05, 0.1) is 12.5 Å². The highest BCUT2D eigenvalue weighted by Gasteiger charge is 2.43. The zero-order valence-electron chi connectivity index (χ0n) is 16.8. The molecule has 0 aromatic carbocycles. The predicted octanol–water partition coefficient (Wildman–Crippen LogP) is 3.96. The molecule has 2 heterocycles. The van der Waals surface area contributed by atoms with Crippen molar-refractivity contribution in [2.24, 2.45) is 0 Å². The second-order valence-corrected chi connectivity index (χ2v) is 7.53. The number of hydrogen-bond acceptors (Lipinski definition) is 7. The van der Waals surface area contributed by atoms with Gasteiger partial charge in [0.2, 0.25) is 17.9 Å². The van der Waals surface area contributed by atoms with Gasteiger partial charge in [-0.2, -0.15) is 0 Å². The molecule has 0 fully saturated rings. The Morgan fingerprint density at radius 1 is 1.34 bits per heavy atom. The van der Waals surface area contributed by atoms with Gasteiger partial charge in [0.15, 0.2) is 0 Å². The maximum absolute atomic E-state index is 10.9. The normalized spacial score (nSPS) is 21.8. The number of ether oxygens (including phenoxy) is 2. The molecule has 0 saturated heterocycles. The van der Waals surface area contributed by atoms with Crippen molar-refractivity contribution in [3.63, 3.8) is 0 Å². The highest BCUT2D eigenvalue weighted by molar-refractivity contribution is 5.44. The van der Waals surface area contributed by atoms with Crippen LogP contribution in [0.25, 0.3) is 0 Å². The Hall–Kier alpha value is -2.61. The topological polar surface area (TPSA) is 97.9 Å². The summed E-state index contributed by atoms with van der Waals surface area (Å²) in [7, 11) is 0. The molecule has 158 valence electrons. The van der Waals surface area contributed by atoms with Gasteiger partial charge in [0.25, 0.3) is 5.89 Å². The van der Waals surface area contributed by atoms with Gasteiger partial charge in [0.1, 0.15) is 19.1 Å². The molecule has 0 bridgehead atoms. The summed E-state index contributed by atoms with van der Waals surface area (Å²) in [5.74, 6) is 0.502. The van der Waals surface area contributed by atoms with E-state index in [9.17, 15) is 10.0 Å². The van der Waals surface area contributed by atoms with Gasteiger partial charge in [-0.3, -0.25) is 10.0 Å². The summed E-state index contributed by atoms with van der Waals surface area (Å²) >= 11 is 0. The van der Waals surface area contributed by atoms with Crippen LogP contribution in [0.2, 0.25) is 0 Å². The summed E-state index contributed by atoms with van der Waals surface area (Å²) in [6.45, 7) is 2.50. The standard InChI is InChI=1S/C21H29N3O5/c1-2-3-5-10-18(14-24(26)16-25)19-22-23-20(29-19)21(15-27-11-12-28-21)13-17-8-6-4-7-9-17/h4,6,8,11-12,16,18,26H,2-3,5,7,9-10,13-15H2,1H3. The molecule has 1 aromatic rings. The predicted molar refractivity (Wildman–Crippen MR) is 105 cm³/mol. The fourth-order valence-electron chi connectivity index (χ4n) is 3.65. The minimum atomic E-state index is -0.880. The van der Waals surface area contributed by atoms with Gasteiger partial charge in [-0.25, -0.2) is 5.06 Å². The molecule has 2 unspecified atom stereocenters. The third kappa shape index (κ3) is 5.47. The zero-order valence-corrected chi connectivity index (χ0v) is 16.8. The van der Waals surface area contributed by atoms with Gasteiger partial charge in [-0.1, -0.05) is 50.0 Å². The van der Waals surface area contributed by atoms with Crippen molar-refractivity contribution in [2.45, 2.75) is 63.4 Å². The lowest BCUT2D eigenvalue weighted by molar-refractivity contribution is -0.151. The second kappa shape index (κ2) is 10.2. The molecule has 1 aliphatic heterocycles. The molecule has 3 rings (SSSR count). The van der Waals surface area contributed by atoms with Crippen molar-refractivity contribution in [1.82, 2.24) is 15.3 Å². The molecule has 8 nitrogen and oxygen atoms in total. The lowest BCUT2D eigenvalue weighted by Gasteiger charge is -2.32. The number of unbranched alkanes of at least 4 members (excludes halogenated alkanes) is 2. The highest BCUT2D eigenvalue weighted by Crippen LogP contribution is 2.37. The number of hydroxylamine groups is 2. The van der Waals surface area contributed by atoms with E-state index in [-0.39, 0.29) is 19.1 Å². The molecular formula is C21H29N3O5. The number of aromatic nitrogens is 2. The van der Waals surface area contributed by atoms with Gasteiger partial charge in [0, 0.05) is 6.42 Å². The Kier molecular flexibility index (Phi) is 7.46. The fraction of sp³-hybridized carbons (Fsp3) is 0.571. The maximum atomic E-state index is 10.9. The highest BCUT2D eigenvalue weighted by atomic mass is 16.6. The van der Waals surface area contributed by atoms with Crippen LogP contribution in [0.1, 0.15) is 69.6 Å². The van der Waals surface area contributed by atoms with Crippen molar-refractivity contribution < 1.29 is 23.9 Å². The Morgan fingerprint density at radius 2 is 2.24 bits per heavy atom. The molecule has 1 aromatic heterocycles. The smallest absolute Gasteiger partial charge is 0.264 e. The molecule has 1 aliphatic carbocycles. The van der Waals surface area contributed by atoms with Crippen molar-refractivity contribution in [1.29, 1.82) is 0 Å². The molecule has 1 amide bonds. The number of nitrogens with zero attached hydrogens (tertiary/aromatic N) is 3. The Balaban J connectivity index is 1.82. The summed E-state index contributed by atoms with van der Waals surface area (Å²) in [4.78, 5) is 10.9. The minimum absolute atomic E-state index is 0.106. The number of carbonyl (C=O) groups is 1. The van der Waals surface area contributed by atoms with Crippen molar-refractivity contribution in [3.05, 3.63) is 48.1 Å². The number of carbonyl (C=O) groups excluding carboxylic acids is 1. The van der Waals surface area contributed by atoms with E-state index in [4.69, 9.17) is 13.9 Å². The van der Waals surface area contributed by atoms with Crippen molar-refractivity contribution in [2.75, 3.05) is 13.2 Å². The van der Waals surface area contributed by atoms with E-state index in [0.29, 0.717) is 29.7 Å². The van der Waals surface area contributed by atoms with Crippen LogP contribution < -0.4 is 0 Å². The molecule has 2 atom stereocenters. The number of hydrogen-bond donors (Lipinski definition) is 1. The van der Waals surface area contributed by atoms with E-state index >= 15 is 0 Å². The first kappa shape index (κ1) is 21.1. The van der Waals surface area contributed by atoms with E-state index < -0.39 is 5.60 Å². The zero-order chi connectivity index (χ0) is 20.5. The quantitative estimate of drug-likeness (QED) is 0.258. The lowest BCUT2D eigenvalue weighted by atomic mass is 9.90. The fourth-order valence-corrected chi connectivity index (χ4v) is 3.65. The van der Waals surface area contributed by atoms with Gasteiger partial charge in [-0.15, -0.1) is 10.2 Å². The Labute approximate surface area is 170 Å². The SMILES string of the molecule is CCCCCC(CN(O)C=O)c1nnc(C2(CC3=CC=CCC3)COC=CO2)o1. The van der Waals surface area contributed by atoms with Crippen molar-refractivity contribution >= 4 is 6.41 Å². The van der Waals surface area contributed by atoms with E-state index in [1.54, 1.807) is 0 Å². The summed E-state index contributed by atoms with van der Waals surface area (Å²) in [5.41, 5.74) is 0.349. The van der Waals surface area contributed by atoms with Crippen LogP contribution in [-0.2, 0) is 19.9 Å². The van der Waals surface area contributed by atoms with E-state index in [0.717, 1.165) is 38.5 Å². The summed E-state index contributed by atoms with van der Waals surface area (Å²) in [5, 5.41) is 18.8. The largest absolute Gasteiger partial charge is 0.493 e. The van der Waals surface area contributed by atoms with Crippen LogP contribution in [0.5, 0.6) is 0 Å². The molecule has 29 heavy (non-hydrogen) atoms. The van der Waals surface area contributed by atoms with Crippen LogP contribution in [0.4, 0.5) is 0 Å². The average molecular weight is 403 g/mol. The van der Waals surface area contributed by atoms with E-state index in [1.807, 2.05) is 6.08 Å². The first-order valence-electron chi connectivity index (χ1n) is 10.2. The summed E-state index contributed by atoms with van der Waals surface area (Å²) in [6.07, 6.45) is 16.0. The van der Waals surface area contributed by atoms with E-state index in [1.165, 1.54) is 18.1 Å². The van der Waals surface area contributed by atoms with Crippen LogP contribution in [0.3, 0.4) is 0 Å². The molecule has 1 N–H and O–H groups in total. The average Bonchev–Trinajstić information content (AvgIpc) is 3.25. The summed E-state index contributed by atoms with van der Waals surface area (Å²) < 4.78 is 17.6. The van der Waals surface area contributed by atoms with Crippen LogP contribution >= 0.6 is 0 Å². The third-order valence-electron chi connectivity index (χ3n) is 5.24. The maximum Gasteiger partial charge on any atom is 0.264 e. The van der Waals surface area contributed by atoms with Gasteiger partial charge < -0.3 is 13.9 Å². The third-order valence-corrected chi connectivity index (χ3v) is 5.24. The monoisotopic (exact) mass is 403 g/mol. The van der Waals surface area contributed by atoms with Crippen LogP contribution in [-0.4, -0.2) is 40.0 Å². The minimum Gasteiger partial charge on any atom is -0.493 e. The molecular weight excluding hydrogens is 374 g/mol. The lowest BCUT2D eigenvalue weighted by Crippen LogP contribution is -2.36. The van der Waals surface area contributed by atoms with E-state index in [2.05, 4.69) is 29.3 Å². The molecule has 0 spiro atoms. The first-order valence-corrected chi connectivity index (χ1v) is 10.2. The van der Waals surface area contributed by atoms with Gasteiger partial charge in [-0.05, 0) is 19.3 Å².